The molecule has 1 aromatic rings. The number of carboxylic acid groups (broad SMARTS) is 1. The highest BCUT2D eigenvalue weighted by atomic mass is 16.4. The Morgan fingerprint density at radius 3 is 2.28 bits per heavy atom. The quantitative estimate of drug-likeness (QED) is 0.867. The summed E-state index contributed by atoms with van der Waals surface area (Å²) in [5.41, 5.74) is -0.0966. The lowest BCUT2D eigenvalue weighted by Crippen LogP contribution is -2.50. The van der Waals surface area contributed by atoms with E-state index >= 15 is 0 Å². The summed E-state index contributed by atoms with van der Waals surface area (Å²) in [6, 6.07) is 9.67. The van der Waals surface area contributed by atoms with Crippen molar-refractivity contribution >= 4 is 11.9 Å². The molecule has 4 heteroatoms. The van der Waals surface area contributed by atoms with Crippen LogP contribution in [0.15, 0.2) is 30.3 Å². The third-order valence-corrected chi connectivity index (χ3v) is 3.21. The van der Waals surface area contributed by atoms with Gasteiger partial charge in [0.05, 0.1) is 0 Å². The van der Waals surface area contributed by atoms with Crippen molar-refractivity contribution in [1.82, 2.24) is 4.90 Å². The number of aliphatic carboxylic acids is 1. The predicted octanol–water partition coefficient (Wildman–Crippen LogP) is 1.94. The van der Waals surface area contributed by atoms with E-state index in [9.17, 15) is 9.59 Å². The topological polar surface area (TPSA) is 57.6 Å². The molecule has 0 aromatic heterocycles. The molecule has 0 aliphatic heterocycles. The number of hydrogen-bond donors (Lipinski definition) is 1. The Labute approximate surface area is 107 Å². The molecule has 0 fully saturated rings. The summed E-state index contributed by atoms with van der Waals surface area (Å²) >= 11 is 0. The first kappa shape index (κ1) is 14.2. The van der Waals surface area contributed by atoms with Gasteiger partial charge in [0.15, 0.2) is 0 Å². The zero-order chi connectivity index (χ0) is 13.8. The van der Waals surface area contributed by atoms with Gasteiger partial charge >= 0.3 is 5.97 Å². The van der Waals surface area contributed by atoms with E-state index in [1.165, 1.54) is 25.8 Å². The fourth-order valence-electron chi connectivity index (χ4n) is 1.52. The molecule has 1 aromatic carbocycles. The molecule has 0 aliphatic rings. The van der Waals surface area contributed by atoms with Crippen LogP contribution in [0.3, 0.4) is 0 Å². The van der Waals surface area contributed by atoms with E-state index in [0.29, 0.717) is 12.8 Å². The third-order valence-electron chi connectivity index (χ3n) is 3.21. The number of hydrogen-bond acceptors (Lipinski definition) is 2. The van der Waals surface area contributed by atoms with E-state index in [1.54, 1.807) is 0 Å². The highest BCUT2D eigenvalue weighted by Gasteiger charge is 2.34. The lowest BCUT2D eigenvalue weighted by Gasteiger charge is -2.31. The van der Waals surface area contributed by atoms with E-state index in [1.807, 2.05) is 30.3 Å². The second-order valence-corrected chi connectivity index (χ2v) is 4.80. The maximum Gasteiger partial charge on any atom is 0.329 e. The molecule has 0 atom stereocenters. The lowest BCUT2D eigenvalue weighted by atomic mass is 10.0. The largest absolute Gasteiger partial charge is 0.480 e. The van der Waals surface area contributed by atoms with Crippen molar-refractivity contribution in [1.29, 1.82) is 0 Å². The fourth-order valence-corrected chi connectivity index (χ4v) is 1.52. The van der Waals surface area contributed by atoms with Crippen LogP contribution in [0.5, 0.6) is 0 Å². The van der Waals surface area contributed by atoms with Crippen LogP contribution in [0.2, 0.25) is 0 Å². The molecule has 1 amide bonds. The van der Waals surface area contributed by atoms with Gasteiger partial charge in [-0.2, -0.15) is 0 Å². The molecule has 0 aliphatic carbocycles. The van der Waals surface area contributed by atoms with Crippen LogP contribution in [0.1, 0.15) is 25.8 Å². The van der Waals surface area contributed by atoms with Crippen molar-refractivity contribution in [2.45, 2.75) is 32.2 Å². The van der Waals surface area contributed by atoms with Crippen LogP contribution in [0.25, 0.3) is 0 Å². The van der Waals surface area contributed by atoms with Gasteiger partial charge in [-0.05, 0) is 25.8 Å². The van der Waals surface area contributed by atoms with Crippen LogP contribution in [0.4, 0.5) is 0 Å². The minimum atomic E-state index is -1.17. The molecule has 4 nitrogen and oxygen atoms in total. The molecular formula is C14H19NO3. The standard InChI is InChI=1S/C14H19NO3/c1-14(2,13(17)18)15(3)12(16)10-9-11-7-5-4-6-8-11/h4-8H,9-10H2,1-3H3,(H,17,18). The van der Waals surface area contributed by atoms with Gasteiger partial charge in [-0.1, -0.05) is 30.3 Å². The third kappa shape index (κ3) is 3.32. The number of nitrogens with zero attached hydrogens (tertiary/aromatic N) is 1. The summed E-state index contributed by atoms with van der Waals surface area (Å²) in [7, 11) is 1.53. The molecule has 18 heavy (non-hydrogen) atoms. The highest BCUT2D eigenvalue weighted by Crippen LogP contribution is 2.14. The normalized spacial score (nSPS) is 11.1. The summed E-state index contributed by atoms with van der Waals surface area (Å²) in [6.07, 6.45) is 0.941. The van der Waals surface area contributed by atoms with Crippen LogP contribution in [-0.4, -0.2) is 34.5 Å². The molecule has 0 saturated heterocycles. The van der Waals surface area contributed by atoms with Crippen molar-refractivity contribution in [2.75, 3.05) is 7.05 Å². The van der Waals surface area contributed by atoms with E-state index < -0.39 is 11.5 Å². The maximum atomic E-state index is 11.9. The predicted molar refractivity (Wildman–Crippen MR) is 69.2 cm³/mol. The van der Waals surface area contributed by atoms with Crippen molar-refractivity contribution in [3.05, 3.63) is 35.9 Å². The second-order valence-electron chi connectivity index (χ2n) is 4.80. The van der Waals surface area contributed by atoms with Crippen molar-refractivity contribution in [3.8, 4) is 0 Å². The number of rotatable bonds is 5. The van der Waals surface area contributed by atoms with Crippen LogP contribution < -0.4 is 0 Å². The Kier molecular flexibility index (Phi) is 4.48. The van der Waals surface area contributed by atoms with Gasteiger partial charge in [0, 0.05) is 13.5 Å². The van der Waals surface area contributed by atoms with Crippen LogP contribution in [0, 0.1) is 0 Å². The van der Waals surface area contributed by atoms with Gasteiger partial charge in [0.1, 0.15) is 5.54 Å². The number of carbonyl (C=O) groups excluding carboxylic acids is 1. The van der Waals surface area contributed by atoms with Gasteiger partial charge in [-0.3, -0.25) is 4.79 Å². The van der Waals surface area contributed by atoms with Crippen molar-refractivity contribution < 1.29 is 14.7 Å². The molecule has 0 bridgehead atoms. The minimum absolute atomic E-state index is 0.161. The Bertz CT molecular complexity index is 426. The van der Waals surface area contributed by atoms with E-state index in [0.717, 1.165) is 5.56 Å². The smallest absolute Gasteiger partial charge is 0.329 e. The zero-order valence-electron chi connectivity index (χ0n) is 11.0. The first-order valence-corrected chi connectivity index (χ1v) is 5.89. The highest BCUT2D eigenvalue weighted by molar-refractivity contribution is 5.86. The first-order chi connectivity index (χ1) is 8.35. The Morgan fingerprint density at radius 1 is 1.22 bits per heavy atom. The summed E-state index contributed by atoms with van der Waals surface area (Å²) in [4.78, 5) is 24.3. The number of likely N-dealkylation sites (N-methyl/N-ethyl adjacent to an activating group) is 1. The molecule has 0 saturated carbocycles. The van der Waals surface area contributed by atoms with E-state index in [2.05, 4.69) is 0 Å². The summed E-state index contributed by atoms with van der Waals surface area (Å²) in [5.74, 6) is -1.16. The molecule has 0 spiro atoms. The first-order valence-electron chi connectivity index (χ1n) is 5.89. The monoisotopic (exact) mass is 249 g/mol. The van der Waals surface area contributed by atoms with Gasteiger partial charge in [-0.15, -0.1) is 0 Å². The average Bonchev–Trinajstić information content (AvgIpc) is 2.36. The van der Waals surface area contributed by atoms with Crippen molar-refractivity contribution in [3.63, 3.8) is 0 Å². The molecule has 0 heterocycles. The molecule has 1 rings (SSSR count). The van der Waals surface area contributed by atoms with Crippen LogP contribution in [-0.2, 0) is 16.0 Å². The van der Waals surface area contributed by atoms with E-state index in [-0.39, 0.29) is 5.91 Å². The number of carboxylic acids is 1. The number of benzene rings is 1. The molecule has 1 N–H and O–H groups in total. The van der Waals surface area contributed by atoms with Gasteiger partial charge in [0.25, 0.3) is 0 Å². The second kappa shape index (κ2) is 5.67. The van der Waals surface area contributed by atoms with E-state index in [4.69, 9.17) is 5.11 Å². The lowest BCUT2D eigenvalue weighted by molar-refractivity contribution is -0.155. The molecular weight excluding hydrogens is 230 g/mol. The Morgan fingerprint density at radius 2 is 1.78 bits per heavy atom. The van der Waals surface area contributed by atoms with Gasteiger partial charge in [0.2, 0.25) is 5.91 Å². The maximum absolute atomic E-state index is 11.9. The summed E-state index contributed by atoms with van der Waals surface area (Å²) in [5, 5.41) is 9.05. The number of aryl methyl sites for hydroxylation is 1. The number of carbonyl (C=O) groups is 2. The fraction of sp³-hybridized carbons (Fsp3) is 0.429. The summed E-state index contributed by atoms with van der Waals surface area (Å²) in [6.45, 7) is 3.05. The Balaban J connectivity index is 2.59. The van der Waals surface area contributed by atoms with Crippen molar-refractivity contribution in [2.24, 2.45) is 0 Å². The van der Waals surface area contributed by atoms with Crippen LogP contribution >= 0.6 is 0 Å². The zero-order valence-corrected chi connectivity index (χ0v) is 11.0. The van der Waals surface area contributed by atoms with Gasteiger partial charge < -0.3 is 10.0 Å². The van der Waals surface area contributed by atoms with Gasteiger partial charge in [-0.25, -0.2) is 4.79 Å². The number of amides is 1. The average molecular weight is 249 g/mol. The molecule has 0 unspecified atom stereocenters. The molecule has 98 valence electrons. The molecule has 0 radical (unpaired) electrons. The SMILES string of the molecule is CN(C(=O)CCc1ccccc1)C(C)(C)C(=O)O. The summed E-state index contributed by atoms with van der Waals surface area (Å²) < 4.78 is 0. The Hall–Kier alpha value is -1.84. The minimum Gasteiger partial charge on any atom is -0.480 e.